The van der Waals surface area contributed by atoms with Gasteiger partial charge in [0.2, 0.25) is 0 Å². The minimum absolute atomic E-state index is 0.0556. The summed E-state index contributed by atoms with van der Waals surface area (Å²) in [5.41, 5.74) is 0.503. The van der Waals surface area contributed by atoms with E-state index in [1.54, 1.807) is 18.2 Å². The predicted molar refractivity (Wildman–Crippen MR) is 61.7 cm³/mol. The molecule has 15 heavy (non-hydrogen) atoms. The summed E-state index contributed by atoms with van der Waals surface area (Å²) in [5, 5.41) is 9.94. The summed E-state index contributed by atoms with van der Waals surface area (Å²) in [6, 6.07) is 5.01. The van der Waals surface area contributed by atoms with E-state index in [0.29, 0.717) is 15.6 Å². The zero-order chi connectivity index (χ0) is 11.6. The molecule has 0 saturated heterocycles. The summed E-state index contributed by atoms with van der Waals surface area (Å²) in [5.74, 6) is -1.62. The van der Waals surface area contributed by atoms with Crippen LogP contribution in [0.1, 0.15) is 25.3 Å². The third kappa shape index (κ3) is 2.64. The third-order valence-corrected chi connectivity index (χ3v) is 2.90. The first-order valence-corrected chi connectivity index (χ1v) is 5.37. The van der Waals surface area contributed by atoms with Crippen molar-refractivity contribution < 1.29 is 9.90 Å². The number of carbonyl (C=O) groups is 1. The minimum Gasteiger partial charge on any atom is -0.481 e. The van der Waals surface area contributed by atoms with Crippen molar-refractivity contribution in [3.05, 3.63) is 33.8 Å². The molecule has 0 aliphatic rings. The fourth-order valence-corrected chi connectivity index (χ4v) is 2.18. The largest absolute Gasteiger partial charge is 0.481 e. The molecule has 0 fully saturated rings. The lowest BCUT2D eigenvalue weighted by Gasteiger charge is -2.19. The molecule has 82 valence electrons. The Balaban J connectivity index is 3.28. The Bertz CT molecular complexity index is 355. The molecule has 0 amide bonds. The van der Waals surface area contributed by atoms with Gasteiger partial charge < -0.3 is 5.11 Å². The molecular weight excluding hydrogens is 235 g/mol. The molecule has 2 nitrogen and oxygen atoms in total. The molecule has 4 heteroatoms. The second kappa shape index (κ2) is 4.86. The molecule has 1 rings (SSSR count). The van der Waals surface area contributed by atoms with Crippen molar-refractivity contribution in [1.29, 1.82) is 0 Å². The van der Waals surface area contributed by atoms with E-state index in [0.717, 1.165) is 0 Å². The van der Waals surface area contributed by atoms with Gasteiger partial charge >= 0.3 is 5.97 Å². The SMILES string of the molecule is CC(C)C(C(=O)O)c1c(Cl)cccc1Cl. The van der Waals surface area contributed by atoms with Crippen molar-refractivity contribution in [2.45, 2.75) is 19.8 Å². The molecule has 1 unspecified atom stereocenters. The van der Waals surface area contributed by atoms with Crippen molar-refractivity contribution in [3.63, 3.8) is 0 Å². The quantitative estimate of drug-likeness (QED) is 0.881. The summed E-state index contributed by atoms with van der Waals surface area (Å²) in [4.78, 5) is 11.1. The highest BCUT2D eigenvalue weighted by atomic mass is 35.5. The number of benzene rings is 1. The average Bonchev–Trinajstić information content (AvgIpc) is 2.09. The standard InChI is InChI=1S/C11H12Cl2O2/c1-6(2)9(11(14)15)10-7(12)4-3-5-8(10)13/h3-6,9H,1-2H3,(H,14,15). The summed E-state index contributed by atoms with van der Waals surface area (Å²) in [7, 11) is 0. The van der Waals surface area contributed by atoms with Crippen LogP contribution in [0.3, 0.4) is 0 Å². The second-order valence-corrected chi connectivity index (χ2v) is 4.51. The number of carboxylic acids is 1. The first-order chi connectivity index (χ1) is 6.95. The molecule has 1 aromatic carbocycles. The van der Waals surface area contributed by atoms with E-state index in [-0.39, 0.29) is 5.92 Å². The van der Waals surface area contributed by atoms with Gasteiger partial charge in [0.25, 0.3) is 0 Å². The van der Waals surface area contributed by atoms with Crippen molar-refractivity contribution >= 4 is 29.2 Å². The van der Waals surface area contributed by atoms with Crippen LogP contribution in [0.15, 0.2) is 18.2 Å². The molecule has 0 heterocycles. The van der Waals surface area contributed by atoms with E-state index >= 15 is 0 Å². The summed E-state index contributed by atoms with van der Waals surface area (Å²) in [6.07, 6.45) is 0. The molecule has 1 aromatic rings. The van der Waals surface area contributed by atoms with E-state index in [4.69, 9.17) is 28.3 Å². The monoisotopic (exact) mass is 246 g/mol. The number of aliphatic carboxylic acids is 1. The Morgan fingerprint density at radius 1 is 1.27 bits per heavy atom. The molecule has 0 aromatic heterocycles. The topological polar surface area (TPSA) is 37.3 Å². The number of hydrogen-bond donors (Lipinski definition) is 1. The average molecular weight is 247 g/mol. The van der Waals surface area contributed by atoms with Crippen LogP contribution >= 0.6 is 23.2 Å². The zero-order valence-corrected chi connectivity index (χ0v) is 10.0. The van der Waals surface area contributed by atoms with Gasteiger partial charge in [0.05, 0.1) is 5.92 Å². The summed E-state index contributed by atoms with van der Waals surface area (Å²) in [6.45, 7) is 3.66. The summed E-state index contributed by atoms with van der Waals surface area (Å²) < 4.78 is 0. The maximum absolute atomic E-state index is 11.1. The Labute approximate surface area is 98.8 Å². The van der Waals surface area contributed by atoms with E-state index in [9.17, 15) is 4.79 Å². The maximum Gasteiger partial charge on any atom is 0.311 e. The van der Waals surface area contributed by atoms with Gasteiger partial charge in [0, 0.05) is 15.6 Å². The van der Waals surface area contributed by atoms with Crippen LogP contribution in [-0.4, -0.2) is 11.1 Å². The predicted octanol–water partition coefficient (Wildman–Crippen LogP) is 3.82. The van der Waals surface area contributed by atoms with E-state index in [1.807, 2.05) is 13.8 Å². The molecule has 0 saturated carbocycles. The van der Waals surface area contributed by atoms with Gasteiger partial charge in [0.1, 0.15) is 0 Å². The van der Waals surface area contributed by atoms with Crippen LogP contribution in [0.25, 0.3) is 0 Å². The van der Waals surface area contributed by atoms with Crippen molar-refractivity contribution in [1.82, 2.24) is 0 Å². The molecule has 0 spiro atoms. The summed E-state index contributed by atoms with van der Waals surface area (Å²) >= 11 is 11.9. The van der Waals surface area contributed by atoms with Crippen LogP contribution in [0.2, 0.25) is 10.0 Å². The highest BCUT2D eigenvalue weighted by molar-refractivity contribution is 6.36. The lowest BCUT2D eigenvalue weighted by molar-refractivity contribution is -0.139. The first kappa shape index (κ1) is 12.3. The van der Waals surface area contributed by atoms with Crippen LogP contribution in [0, 0.1) is 5.92 Å². The molecule has 0 bridgehead atoms. The van der Waals surface area contributed by atoms with E-state index < -0.39 is 11.9 Å². The van der Waals surface area contributed by atoms with Gasteiger partial charge in [-0.3, -0.25) is 4.79 Å². The van der Waals surface area contributed by atoms with E-state index in [1.165, 1.54) is 0 Å². The lowest BCUT2D eigenvalue weighted by atomic mass is 9.88. The van der Waals surface area contributed by atoms with Gasteiger partial charge in [-0.2, -0.15) is 0 Å². The Morgan fingerprint density at radius 2 is 1.73 bits per heavy atom. The van der Waals surface area contributed by atoms with Crippen molar-refractivity contribution in [2.75, 3.05) is 0 Å². The number of rotatable bonds is 3. The Morgan fingerprint density at radius 3 is 2.07 bits per heavy atom. The lowest BCUT2D eigenvalue weighted by Crippen LogP contribution is -2.18. The van der Waals surface area contributed by atoms with Crippen LogP contribution in [0.5, 0.6) is 0 Å². The smallest absolute Gasteiger partial charge is 0.311 e. The molecular formula is C11H12Cl2O2. The van der Waals surface area contributed by atoms with Crippen LogP contribution < -0.4 is 0 Å². The number of carboxylic acid groups (broad SMARTS) is 1. The number of halogens is 2. The fourth-order valence-electron chi connectivity index (χ4n) is 1.55. The molecule has 1 N–H and O–H groups in total. The highest BCUT2D eigenvalue weighted by Gasteiger charge is 2.27. The normalized spacial score (nSPS) is 12.9. The molecule has 0 aliphatic heterocycles. The maximum atomic E-state index is 11.1. The Kier molecular flexibility index (Phi) is 4.00. The fraction of sp³-hybridized carbons (Fsp3) is 0.364. The zero-order valence-electron chi connectivity index (χ0n) is 8.50. The Hall–Kier alpha value is -0.730. The van der Waals surface area contributed by atoms with Gasteiger partial charge in [-0.1, -0.05) is 43.1 Å². The van der Waals surface area contributed by atoms with E-state index in [2.05, 4.69) is 0 Å². The van der Waals surface area contributed by atoms with Gasteiger partial charge in [0.15, 0.2) is 0 Å². The molecule has 0 radical (unpaired) electrons. The number of hydrogen-bond acceptors (Lipinski definition) is 1. The molecule has 1 atom stereocenters. The van der Waals surface area contributed by atoms with Crippen molar-refractivity contribution in [3.8, 4) is 0 Å². The second-order valence-electron chi connectivity index (χ2n) is 3.70. The van der Waals surface area contributed by atoms with Gasteiger partial charge in [-0.05, 0) is 18.1 Å². The van der Waals surface area contributed by atoms with Gasteiger partial charge in [-0.25, -0.2) is 0 Å². The first-order valence-electron chi connectivity index (χ1n) is 4.62. The van der Waals surface area contributed by atoms with Crippen LogP contribution in [-0.2, 0) is 4.79 Å². The third-order valence-electron chi connectivity index (χ3n) is 2.24. The minimum atomic E-state index is -0.903. The highest BCUT2D eigenvalue weighted by Crippen LogP contribution is 2.35. The van der Waals surface area contributed by atoms with Gasteiger partial charge in [-0.15, -0.1) is 0 Å². The van der Waals surface area contributed by atoms with Crippen LogP contribution in [0.4, 0.5) is 0 Å². The molecule has 0 aliphatic carbocycles. The van der Waals surface area contributed by atoms with Crippen molar-refractivity contribution in [2.24, 2.45) is 5.92 Å².